The van der Waals surface area contributed by atoms with E-state index in [1.165, 1.54) is 0 Å². The van der Waals surface area contributed by atoms with E-state index in [-0.39, 0.29) is 5.56 Å². The Bertz CT molecular complexity index is 774. The summed E-state index contributed by atoms with van der Waals surface area (Å²) >= 11 is 0. The van der Waals surface area contributed by atoms with Crippen LogP contribution < -0.4 is 0 Å². The first-order chi connectivity index (χ1) is 10.2. The number of hydrogen-bond acceptors (Lipinski definition) is 3. The summed E-state index contributed by atoms with van der Waals surface area (Å²) in [6, 6.07) is 6.93. The quantitative estimate of drug-likeness (QED) is 0.779. The molecule has 0 fully saturated rings. The van der Waals surface area contributed by atoms with Crippen LogP contribution in [0.5, 0.6) is 0 Å². The molecule has 2 heterocycles. The van der Waals surface area contributed by atoms with Gasteiger partial charge >= 0.3 is 5.97 Å². The molecule has 108 valence electrons. The average Bonchev–Trinajstić information content (AvgIpc) is 3.11. The molecule has 0 saturated carbocycles. The maximum atomic E-state index is 11.1. The molecule has 0 aliphatic rings. The Morgan fingerprint density at radius 1 is 1.33 bits per heavy atom. The molecule has 1 aromatic carbocycles. The van der Waals surface area contributed by atoms with Gasteiger partial charge in [-0.3, -0.25) is 4.68 Å². The lowest BCUT2D eigenvalue weighted by molar-refractivity contribution is 0.0697. The molecule has 0 unspecified atom stereocenters. The molecular formula is C15H16N4O2. The minimum Gasteiger partial charge on any atom is -0.478 e. The van der Waals surface area contributed by atoms with E-state index in [2.05, 4.69) is 14.6 Å². The zero-order valence-electron chi connectivity index (χ0n) is 11.7. The molecule has 2 aromatic heterocycles. The number of carboxylic acid groups (broad SMARTS) is 1. The molecule has 0 saturated heterocycles. The number of aromatic carboxylic acids is 1. The first-order valence-electron chi connectivity index (χ1n) is 6.89. The van der Waals surface area contributed by atoms with E-state index in [0.29, 0.717) is 6.54 Å². The van der Waals surface area contributed by atoms with Crippen LogP contribution in [0.3, 0.4) is 0 Å². The molecule has 0 radical (unpaired) electrons. The molecule has 1 N–H and O–H groups in total. The standard InChI is InChI=1S/C15H16N4O2/c1-2-14-17-12-5-4-11(15(20)21)10-13(12)19(14)9-8-18-7-3-6-16-18/h3-7,10H,2,8-9H2,1H3,(H,20,21). The van der Waals surface area contributed by atoms with Crippen molar-refractivity contribution in [3.8, 4) is 0 Å². The van der Waals surface area contributed by atoms with Crippen LogP contribution in [0.4, 0.5) is 0 Å². The number of nitrogens with zero attached hydrogens (tertiary/aromatic N) is 4. The smallest absolute Gasteiger partial charge is 0.335 e. The third-order valence-electron chi connectivity index (χ3n) is 3.50. The van der Waals surface area contributed by atoms with Gasteiger partial charge in [-0.2, -0.15) is 5.10 Å². The molecule has 3 aromatic rings. The van der Waals surface area contributed by atoms with Crippen LogP contribution >= 0.6 is 0 Å². The second kappa shape index (κ2) is 5.40. The van der Waals surface area contributed by atoms with Gasteiger partial charge in [0, 0.05) is 25.4 Å². The van der Waals surface area contributed by atoms with Gasteiger partial charge in [-0.25, -0.2) is 9.78 Å². The van der Waals surface area contributed by atoms with Crippen molar-refractivity contribution in [3.63, 3.8) is 0 Å². The normalized spacial score (nSPS) is 11.1. The predicted molar refractivity (Wildman–Crippen MR) is 78.3 cm³/mol. The SMILES string of the molecule is CCc1nc2ccc(C(=O)O)cc2n1CCn1cccn1. The molecule has 0 amide bonds. The monoisotopic (exact) mass is 284 g/mol. The van der Waals surface area contributed by atoms with Gasteiger partial charge in [-0.1, -0.05) is 6.92 Å². The van der Waals surface area contributed by atoms with Gasteiger partial charge in [-0.15, -0.1) is 0 Å². The van der Waals surface area contributed by atoms with Crippen molar-refractivity contribution in [2.75, 3.05) is 0 Å². The summed E-state index contributed by atoms with van der Waals surface area (Å²) in [5.74, 6) is 0.0365. The van der Waals surface area contributed by atoms with E-state index in [4.69, 9.17) is 5.11 Å². The van der Waals surface area contributed by atoms with E-state index >= 15 is 0 Å². The summed E-state index contributed by atoms with van der Waals surface area (Å²) in [5, 5.41) is 13.3. The van der Waals surface area contributed by atoms with Crippen molar-refractivity contribution in [2.45, 2.75) is 26.4 Å². The maximum Gasteiger partial charge on any atom is 0.335 e. The summed E-state index contributed by atoms with van der Waals surface area (Å²) in [7, 11) is 0. The Hall–Kier alpha value is -2.63. The highest BCUT2D eigenvalue weighted by molar-refractivity contribution is 5.92. The number of hydrogen-bond donors (Lipinski definition) is 1. The molecule has 0 aliphatic heterocycles. The maximum absolute atomic E-state index is 11.1. The molecular weight excluding hydrogens is 268 g/mol. The molecule has 0 bridgehead atoms. The van der Waals surface area contributed by atoms with Crippen LogP contribution in [0.1, 0.15) is 23.1 Å². The number of rotatable bonds is 5. The summed E-state index contributed by atoms with van der Waals surface area (Å²) in [5.41, 5.74) is 1.97. The van der Waals surface area contributed by atoms with E-state index in [1.807, 2.05) is 23.9 Å². The van der Waals surface area contributed by atoms with Crippen molar-refractivity contribution in [1.82, 2.24) is 19.3 Å². The number of aromatic nitrogens is 4. The molecule has 6 nitrogen and oxygen atoms in total. The number of imidazole rings is 1. The number of benzene rings is 1. The lowest BCUT2D eigenvalue weighted by Crippen LogP contribution is -2.10. The van der Waals surface area contributed by atoms with Gasteiger partial charge in [-0.05, 0) is 24.3 Å². The third-order valence-corrected chi connectivity index (χ3v) is 3.50. The van der Waals surface area contributed by atoms with Crippen LogP contribution in [-0.4, -0.2) is 30.4 Å². The fourth-order valence-electron chi connectivity index (χ4n) is 2.46. The van der Waals surface area contributed by atoms with Crippen LogP contribution in [0.2, 0.25) is 0 Å². The first kappa shape index (κ1) is 13.4. The zero-order valence-corrected chi connectivity index (χ0v) is 11.7. The van der Waals surface area contributed by atoms with Gasteiger partial charge in [0.1, 0.15) is 5.82 Å². The van der Waals surface area contributed by atoms with Gasteiger partial charge in [0.25, 0.3) is 0 Å². The summed E-state index contributed by atoms with van der Waals surface area (Å²) in [6.45, 7) is 3.48. The lowest BCUT2D eigenvalue weighted by Gasteiger charge is -2.08. The largest absolute Gasteiger partial charge is 0.478 e. The second-order valence-corrected chi connectivity index (χ2v) is 4.81. The van der Waals surface area contributed by atoms with Gasteiger partial charge in [0.2, 0.25) is 0 Å². The van der Waals surface area contributed by atoms with Crippen LogP contribution in [0.15, 0.2) is 36.7 Å². The Morgan fingerprint density at radius 2 is 2.19 bits per heavy atom. The Balaban J connectivity index is 2.00. The fraction of sp³-hybridized carbons (Fsp3) is 0.267. The van der Waals surface area contributed by atoms with Crippen molar-refractivity contribution < 1.29 is 9.90 Å². The number of carbonyl (C=O) groups is 1. The number of fused-ring (bicyclic) bond motifs is 1. The lowest BCUT2D eigenvalue weighted by atomic mass is 10.2. The van der Waals surface area contributed by atoms with Crippen molar-refractivity contribution in [1.29, 1.82) is 0 Å². The molecule has 0 aliphatic carbocycles. The van der Waals surface area contributed by atoms with E-state index in [1.54, 1.807) is 24.4 Å². The van der Waals surface area contributed by atoms with E-state index in [9.17, 15) is 4.79 Å². The minimum atomic E-state index is -0.922. The summed E-state index contributed by atoms with van der Waals surface area (Å²) in [4.78, 5) is 15.7. The van der Waals surface area contributed by atoms with Crippen molar-refractivity contribution in [3.05, 3.63) is 48.0 Å². The topological polar surface area (TPSA) is 72.9 Å². The van der Waals surface area contributed by atoms with Crippen LogP contribution in [0.25, 0.3) is 11.0 Å². The fourth-order valence-corrected chi connectivity index (χ4v) is 2.46. The second-order valence-electron chi connectivity index (χ2n) is 4.81. The Labute approximate surface area is 121 Å². The van der Waals surface area contributed by atoms with Crippen molar-refractivity contribution >= 4 is 17.0 Å². The highest BCUT2D eigenvalue weighted by Crippen LogP contribution is 2.19. The van der Waals surface area contributed by atoms with Gasteiger partial charge < -0.3 is 9.67 Å². The zero-order chi connectivity index (χ0) is 14.8. The molecule has 0 atom stereocenters. The summed E-state index contributed by atoms with van der Waals surface area (Å²) in [6.07, 6.45) is 4.46. The minimum absolute atomic E-state index is 0.283. The molecule has 3 rings (SSSR count). The number of carboxylic acids is 1. The van der Waals surface area contributed by atoms with Gasteiger partial charge in [0.05, 0.1) is 23.1 Å². The Morgan fingerprint density at radius 3 is 2.86 bits per heavy atom. The predicted octanol–water partition coefficient (Wildman–Crippen LogP) is 2.19. The third kappa shape index (κ3) is 2.52. The summed E-state index contributed by atoms with van der Waals surface area (Å²) < 4.78 is 3.93. The molecule has 0 spiro atoms. The molecule has 6 heteroatoms. The highest BCUT2D eigenvalue weighted by Gasteiger charge is 2.12. The number of aryl methyl sites for hydroxylation is 3. The van der Waals surface area contributed by atoms with E-state index < -0.39 is 5.97 Å². The van der Waals surface area contributed by atoms with Crippen molar-refractivity contribution in [2.24, 2.45) is 0 Å². The first-order valence-corrected chi connectivity index (χ1v) is 6.89. The molecule has 21 heavy (non-hydrogen) atoms. The van der Waals surface area contributed by atoms with Gasteiger partial charge in [0.15, 0.2) is 0 Å². The average molecular weight is 284 g/mol. The van der Waals surface area contributed by atoms with E-state index in [0.717, 1.165) is 29.8 Å². The Kier molecular flexibility index (Phi) is 3.43. The van der Waals surface area contributed by atoms with Crippen LogP contribution in [-0.2, 0) is 19.5 Å². The highest BCUT2D eigenvalue weighted by atomic mass is 16.4. The van der Waals surface area contributed by atoms with Crippen LogP contribution in [0, 0.1) is 0 Å².